The van der Waals surface area contributed by atoms with Gasteiger partial charge in [-0.05, 0) is 55.3 Å². The molecule has 0 aliphatic carbocycles. The highest BCUT2D eigenvalue weighted by Crippen LogP contribution is 2.22. The van der Waals surface area contributed by atoms with Crippen molar-refractivity contribution in [3.8, 4) is 0 Å². The highest BCUT2D eigenvalue weighted by Gasteiger charge is 2.22. The van der Waals surface area contributed by atoms with Crippen LogP contribution < -0.4 is 10.6 Å². The summed E-state index contributed by atoms with van der Waals surface area (Å²) in [7, 11) is 0. The van der Waals surface area contributed by atoms with Gasteiger partial charge in [0, 0.05) is 32.5 Å². The molecule has 2 atom stereocenters. The van der Waals surface area contributed by atoms with Gasteiger partial charge in [0.1, 0.15) is 0 Å². The topological polar surface area (TPSA) is 61.4 Å². The number of hydrogen-bond acceptors (Lipinski definition) is 3. The van der Waals surface area contributed by atoms with E-state index in [1.807, 2.05) is 17.0 Å². The van der Waals surface area contributed by atoms with Gasteiger partial charge < -0.3 is 15.5 Å². The Hall–Kier alpha value is -1.88. The lowest BCUT2D eigenvalue weighted by Crippen LogP contribution is -2.35. The molecule has 2 heterocycles. The van der Waals surface area contributed by atoms with E-state index in [1.165, 1.54) is 12.8 Å². The largest absolute Gasteiger partial charge is 0.352 e. The molecule has 0 radical (unpaired) electrons. The van der Waals surface area contributed by atoms with Gasteiger partial charge in [-0.2, -0.15) is 0 Å². The second-order valence-corrected chi connectivity index (χ2v) is 7.80. The molecule has 3 rings (SSSR count). The van der Waals surface area contributed by atoms with Gasteiger partial charge in [-0.25, -0.2) is 0 Å². The van der Waals surface area contributed by atoms with E-state index in [-0.39, 0.29) is 11.8 Å². The zero-order valence-corrected chi connectivity index (χ0v) is 15.8. The normalized spacial score (nSPS) is 21.7. The lowest BCUT2D eigenvalue weighted by Gasteiger charge is -2.28. The first kappa shape index (κ1) is 18.9. The smallest absolute Gasteiger partial charge is 0.222 e. The Labute approximate surface area is 156 Å². The highest BCUT2D eigenvalue weighted by atomic mass is 16.2. The molecular weight excluding hydrogens is 326 g/mol. The lowest BCUT2D eigenvalue weighted by atomic mass is 9.85. The Morgan fingerprint density at radius 2 is 2.04 bits per heavy atom. The first-order chi connectivity index (χ1) is 12.6. The molecule has 5 heteroatoms. The summed E-state index contributed by atoms with van der Waals surface area (Å²) in [5, 5.41) is 6.47. The second-order valence-electron chi connectivity index (χ2n) is 7.80. The molecule has 2 N–H and O–H groups in total. The Morgan fingerprint density at radius 1 is 1.27 bits per heavy atom. The van der Waals surface area contributed by atoms with Crippen LogP contribution in [0, 0.1) is 11.8 Å². The predicted octanol–water partition coefficient (Wildman–Crippen LogP) is 2.45. The number of rotatable bonds is 7. The summed E-state index contributed by atoms with van der Waals surface area (Å²) < 4.78 is 0. The lowest BCUT2D eigenvalue weighted by molar-refractivity contribution is -0.128. The van der Waals surface area contributed by atoms with Crippen LogP contribution in [0.4, 0.5) is 0 Å². The van der Waals surface area contributed by atoms with Crippen LogP contribution in [0.5, 0.6) is 0 Å². The van der Waals surface area contributed by atoms with Crippen LogP contribution in [0.1, 0.15) is 50.2 Å². The van der Waals surface area contributed by atoms with Crippen molar-refractivity contribution in [1.82, 2.24) is 15.5 Å². The minimum absolute atomic E-state index is 0.134. The van der Waals surface area contributed by atoms with E-state index in [1.54, 1.807) is 0 Å². The van der Waals surface area contributed by atoms with Crippen molar-refractivity contribution in [2.24, 2.45) is 11.8 Å². The predicted molar refractivity (Wildman–Crippen MR) is 102 cm³/mol. The molecule has 2 saturated heterocycles. The van der Waals surface area contributed by atoms with Gasteiger partial charge >= 0.3 is 0 Å². The summed E-state index contributed by atoms with van der Waals surface area (Å²) in [5.41, 5.74) is 2.25. The third-order valence-corrected chi connectivity index (χ3v) is 5.70. The molecule has 0 saturated carbocycles. The number of piperidine rings is 1. The quantitative estimate of drug-likeness (QED) is 0.788. The number of hydrogen-bond donors (Lipinski definition) is 2. The molecule has 2 amide bonds. The first-order valence-corrected chi connectivity index (χ1v) is 9.95. The molecule has 0 aromatic heterocycles. The monoisotopic (exact) mass is 357 g/mol. The standard InChI is InChI=1S/C21H31N3O2/c1-16(19-4-2-10-22-14-19)12-20(25)23-13-17-6-8-18(9-7-17)15-24-11-3-5-21(24)26/h6-9,16,19,22H,2-5,10-15H2,1H3,(H,23,25). The number of amides is 2. The molecule has 26 heavy (non-hydrogen) atoms. The number of benzene rings is 1. The molecule has 0 spiro atoms. The SMILES string of the molecule is CC(CC(=O)NCc1ccc(CN2CCCC2=O)cc1)C1CCCNC1. The van der Waals surface area contributed by atoms with Crippen LogP contribution in [0.2, 0.25) is 0 Å². The van der Waals surface area contributed by atoms with Crippen LogP contribution >= 0.6 is 0 Å². The number of carbonyl (C=O) groups is 2. The van der Waals surface area contributed by atoms with Gasteiger partial charge in [0.15, 0.2) is 0 Å². The van der Waals surface area contributed by atoms with Crippen LogP contribution in [0.15, 0.2) is 24.3 Å². The van der Waals surface area contributed by atoms with Crippen molar-refractivity contribution in [3.63, 3.8) is 0 Å². The maximum absolute atomic E-state index is 12.2. The number of nitrogens with zero attached hydrogens (tertiary/aromatic N) is 1. The number of likely N-dealkylation sites (tertiary alicyclic amines) is 1. The van der Waals surface area contributed by atoms with Crippen molar-refractivity contribution in [2.75, 3.05) is 19.6 Å². The van der Waals surface area contributed by atoms with Crippen molar-refractivity contribution < 1.29 is 9.59 Å². The van der Waals surface area contributed by atoms with E-state index in [9.17, 15) is 9.59 Å². The minimum Gasteiger partial charge on any atom is -0.352 e. The van der Waals surface area contributed by atoms with Crippen molar-refractivity contribution in [2.45, 2.75) is 52.1 Å². The maximum atomic E-state index is 12.2. The average molecular weight is 357 g/mol. The minimum atomic E-state index is 0.134. The molecule has 2 fully saturated rings. The Bertz CT molecular complexity index is 608. The fraction of sp³-hybridized carbons (Fsp3) is 0.619. The van der Waals surface area contributed by atoms with E-state index >= 15 is 0 Å². The van der Waals surface area contributed by atoms with E-state index in [4.69, 9.17) is 0 Å². The molecule has 2 aliphatic heterocycles. The fourth-order valence-corrected chi connectivity index (χ4v) is 3.95. The molecule has 1 aromatic carbocycles. The third-order valence-electron chi connectivity index (χ3n) is 5.70. The van der Waals surface area contributed by atoms with E-state index in [0.29, 0.717) is 37.8 Å². The van der Waals surface area contributed by atoms with Gasteiger partial charge in [0.25, 0.3) is 0 Å². The first-order valence-electron chi connectivity index (χ1n) is 9.95. The van der Waals surface area contributed by atoms with Gasteiger partial charge in [0.05, 0.1) is 0 Å². The highest BCUT2D eigenvalue weighted by molar-refractivity contribution is 5.78. The van der Waals surface area contributed by atoms with Crippen LogP contribution in [0.3, 0.4) is 0 Å². The Morgan fingerprint density at radius 3 is 2.69 bits per heavy atom. The summed E-state index contributed by atoms with van der Waals surface area (Å²) >= 11 is 0. The van der Waals surface area contributed by atoms with Gasteiger partial charge in [-0.3, -0.25) is 9.59 Å². The van der Waals surface area contributed by atoms with E-state index < -0.39 is 0 Å². The second kappa shape index (κ2) is 9.17. The van der Waals surface area contributed by atoms with Crippen LogP contribution in [-0.2, 0) is 22.7 Å². The average Bonchev–Trinajstić information content (AvgIpc) is 3.06. The molecule has 2 aliphatic rings. The third kappa shape index (κ3) is 5.31. The summed E-state index contributed by atoms with van der Waals surface area (Å²) in [4.78, 5) is 25.8. The number of carbonyl (C=O) groups excluding carboxylic acids is 2. The Balaban J connectivity index is 1.41. The van der Waals surface area contributed by atoms with Crippen molar-refractivity contribution in [3.05, 3.63) is 35.4 Å². The molecule has 2 unspecified atom stereocenters. The summed E-state index contributed by atoms with van der Waals surface area (Å²) in [6, 6.07) is 8.21. The van der Waals surface area contributed by atoms with Crippen LogP contribution in [0.25, 0.3) is 0 Å². The van der Waals surface area contributed by atoms with Gasteiger partial charge in [-0.1, -0.05) is 31.2 Å². The molecule has 5 nitrogen and oxygen atoms in total. The van der Waals surface area contributed by atoms with Gasteiger partial charge in [-0.15, -0.1) is 0 Å². The summed E-state index contributed by atoms with van der Waals surface area (Å²) in [6.45, 7) is 6.46. The van der Waals surface area contributed by atoms with Crippen LogP contribution in [-0.4, -0.2) is 36.3 Å². The molecule has 0 bridgehead atoms. The fourth-order valence-electron chi connectivity index (χ4n) is 3.95. The summed E-state index contributed by atoms with van der Waals surface area (Å²) in [5.74, 6) is 1.42. The van der Waals surface area contributed by atoms with E-state index in [0.717, 1.165) is 37.2 Å². The zero-order chi connectivity index (χ0) is 18.4. The Kier molecular flexibility index (Phi) is 6.67. The molecular formula is C21H31N3O2. The van der Waals surface area contributed by atoms with Crippen molar-refractivity contribution >= 4 is 11.8 Å². The van der Waals surface area contributed by atoms with Gasteiger partial charge in [0.2, 0.25) is 11.8 Å². The zero-order valence-electron chi connectivity index (χ0n) is 15.8. The summed E-state index contributed by atoms with van der Waals surface area (Å²) in [6.07, 6.45) is 4.69. The molecule has 142 valence electrons. The van der Waals surface area contributed by atoms with Crippen molar-refractivity contribution in [1.29, 1.82) is 0 Å². The maximum Gasteiger partial charge on any atom is 0.222 e. The molecule has 1 aromatic rings. The number of nitrogens with one attached hydrogen (secondary N) is 2. The van der Waals surface area contributed by atoms with E-state index in [2.05, 4.69) is 29.7 Å².